The van der Waals surface area contributed by atoms with Crippen molar-refractivity contribution >= 4 is 33.9 Å². The summed E-state index contributed by atoms with van der Waals surface area (Å²) in [5.41, 5.74) is 7.01. The highest BCUT2D eigenvalue weighted by Gasteiger charge is 2.25. The Bertz CT molecular complexity index is 1150. The summed E-state index contributed by atoms with van der Waals surface area (Å²) >= 11 is 0. The van der Waals surface area contributed by atoms with Gasteiger partial charge in [0.2, 0.25) is 5.91 Å². The van der Waals surface area contributed by atoms with Crippen molar-refractivity contribution in [3.05, 3.63) is 68.8 Å². The number of carbonyl (C=O) groups is 1. The zero-order chi connectivity index (χ0) is 20.5. The lowest BCUT2D eigenvalue weighted by atomic mass is 10.1. The average molecular weight is 394 g/mol. The van der Waals surface area contributed by atoms with E-state index in [0.717, 1.165) is 5.69 Å². The molecular formula is C19H18N6O4. The maximum Gasteiger partial charge on any atom is 0.293 e. The fourth-order valence-electron chi connectivity index (χ4n) is 3.53. The van der Waals surface area contributed by atoms with Gasteiger partial charge in [0.1, 0.15) is 5.69 Å². The van der Waals surface area contributed by atoms with Gasteiger partial charge in [0.15, 0.2) is 0 Å². The minimum Gasteiger partial charge on any atom is -0.368 e. The summed E-state index contributed by atoms with van der Waals surface area (Å²) in [6.45, 7) is 2.42. The first-order chi connectivity index (χ1) is 13.9. The third-order valence-electron chi connectivity index (χ3n) is 5.07. The molecule has 0 bridgehead atoms. The number of nitrogens with zero attached hydrogens (tertiary/aromatic N) is 4. The maximum absolute atomic E-state index is 11.9. The smallest absolute Gasteiger partial charge is 0.293 e. The molecule has 0 radical (unpaired) electrons. The number of nitrogens with two attached hydrogens (primary N) is 1. The average Bonchev–Trinajstić information content (AvgIpc) is 2.73. The number of nitrogens with one attached hydrogen (secondary N) is 1. The summed E-state index contributed by atoms with van der Waals surface area (Å²) in [5, 5.41) is 11.8. The highest BCUT2D eigenvalue weighted by atomic mass is 16.6. The number of amides is 1. The number of H-pyrrole nitrogens is 1. The lowest BCUT2D eigenvalue weighted by Gasteiger charge is -2.37. The second-order valence-corrected chi connectivity index (χ2v) is 6.73. The van der Waals surface area contributed by atoms with Crippen molar-refractivity contribution in [2.24, 2.45) is 5.73 Å². The van der Waals surface area contributed by atoms with E-state index in [1.54, 1.807) is 18.2 Å². The fraction of sp³-hybridized carbons (Fsp3) is 0.211. The Kier molecular flexibility index (Phi) is 4.59. The van der Waals surface area contributed by atoms with Gasteiger partial charge in [-0.1, -0.05) is 0 Å². The molecule has 2 aromatic carbocycles. The van der Waals surface area contributed by atoms with E-state index in [2.05, 4.69) is 14.9 Å². The molecule has 3 aromatic rings. The molecule has 1 fully saturated rings. The Hall–Kier alpha value is -3.95. The predicted molar refractivity (Wildman–Crippen MR) is 108 cm³/mol. The fourth-order valence-corrected chi connectivity index (χ4v) is 3.53. The van der Waals surface area contributed by atoms with Crippen molar-refractivity contribution in [1.82, 2.24) is 9.97 Å². The number of primary amides is 1. The first kappa shape index (κ1) is 18.4. The van der Waals surface area contributed by atoms with Crippen LogP contribution in [-0.4, -0.2) is 47.0 Å². The van der Waals surface area contributed by atoms with Gasteiger partial charge in [-0.05, 0) is 30.3 Å². The normalized spacial score (nSPS) is 14.2. The van der Waals surface area contributed by atoms with Crippen LogP contribution in [-0.2, 0) is 0 Å². The molecule has 0 aliphatic carbocycles. The SMILES string of the molecule is NC(=O)c1ccc(N2CCN(c3cc4nc[nH]c(=O)c4cc3[N+](=O)[O-])CC2)cc1. The number of rotatable bonds is 4. The van der Waals surface area contributed by atoms with E-state index < -0.39 is 16.4 Å². The number of nitro groups is 1. The van der Waals surface area contributed by atoms with Crippen LogP contribution in [0.4, 0.5) is 17.1 Å². The van der Waals surface area contributed by atoms with Gasteiger partial charge in [0, 0.05) is 43.5 Å². The largest absolute Gasteiger partial charge is 0.368 e. The number of nitro benzene ring substituents is 1. The van der Waals surface area contributed by atoms with Crippen LogP contribution in [0.25, 0.3) is 10.9 Å². The second-order valence-electron chi connectivity index (χ2n) is 6.73. The molecule has 1 saturated heterocycles. The molecule has 2 heterocycles. The number of aromatic amines is 1. The van der Waals surface area contributed by atoms with E-state index >= 15 is 0 Å². The van der Waals surface area contributed by atoms with Gasteiger partial charge in [0.25, 0.3) is 11.2 Å². The van der Waals surface area contributed by atoms with E-state index in [4.69, 9.17) is 5.73 Å². The molecule has 0 atom stereocenters. The first-order valence-corrected chi connectivity index (χ1v) is 8.99. The van der Waals surface area contributed by atoms with E-state index in [1.165, 1.54) is 12.4 Å². The zero-order valence-corrected chi connectivity index (χ0v) is 15.4. The molecule has 29 heavy (non-hydrogen) atoms. The van der Waals surface area contributed by atoms with Crippen molar-refractivity contribution < 1.29 is 9.72 Å². The number of benzene rings is 2. The lowest BCUT2D eigenvalue weighted by Crippen LogP contribution is -2.46. The van der Waals surface area contributed by atoms with Crippen LogP contribution in [0.1, 0.15) is 10.4 Å². The van der Waals surface area contributed by atoms with Crippen molar-refractivity contribution in [2.45, 2.75) is 0 Å². The van der Waals surface area contributed by atoms with Crippen molar-refractivity contribution in [1.29, 1.82) is 0 Å². The first-order valence-electron chi connectivity index (χ1n) is 8.99. The molecule has 1 aliphatic heterocycles. The molecule has 0 unspecified atom stereocenters. The van der Waals surface area contributed by atoms with Gasteiger partial charge in [-0.25, -0.2) is 4.98 Å². The Labute approximate surface area is 164 Å². The summed E-state index contributed by atoms with van der Waals surface area (Å²) < 4.78 is 0. The predicted octanol–water partition coefficient (Wildman–Crippen LogP) is 1.26. The van der Waals surface area contributed by atoms with Crippen LogP contribution in [0, 0.1) is 10.1 Å². The molecule has 10 nitrogen and oxygen atoms in total. The van der Waals surface area contributed by atoms with E-state index in [0.29, 0.717) is 42.9 Å². The maximum atomic E-state index is 11.9. The molecule has 1 amide bonds. The number of hydrogen-bond donors (Lipinski definition) is 2. The quantitative estimate of drug-likeness (QED) is 0.502. The molecule has 1 aliphatic rings. The highest BCUT2D eigenvalue weighted by Crippen LogP contribution is 2.32. The third-order valence-corrected chi connectivity index (χ3v) is 5.07. The second kappa shape index (κ2) is 7.23. The third kappa shape index (κ3) is 3.47. The van der Waals surface area contributed by atoms with Gasteiger partial charge < -0.3 is 20.5 Å². The minimum absolute atomic E-state index is 0.115. The topological polar surface area (TPSA) is 138 Å². The van der Waals surface area contributed by atoms with Crippen LogP contribution in [0.2, 0.25) is 0 Å². The number of aromatic nitrogens is 2. The number of anilines is 2. The molecule has 10 heteroatoms. The number of carbonyl (C=O) groups excluding carboxylic acids is 1. The van der Waals surface area contributed by atoms with Crippen LogP contribution in [0.15, 0.2) is 47.5 Å². The van der Waals surface area contributed by atoms with E-state index in [-0.39, 0.29) is 11.1 Å². The van der Waals surface area contributed by atoms with Crippen LogP contribution in [0.5, 0.6) is 0 Å². The summed E-state index contributed by atoms with van der Waals surface area (Å²) in [5.74, 6) is -0.475. The van der Waals surface area contributed by atoms with Crippen LogP contribution < -0.4 is 21.1 Å². The summed E-state index contributed by atoms with van der Waals surface area (Å²) in [7, 11) is 0. The molecule has 4 rings (SSSR count). The van der Waals surface area contributed by atoms with E-state index in [9.17, 15) is 19.7 Å². The Morgan fingerprint density at radius 1 is 1.10 bits per heavy atom. The van der Waals surface area contributed by atoms with Crippen molar-refractivity contribution in [3.63, 3.8) is 0 Å². The number of piperazine rings is 1. The highest BCUT2D eigenvalue weighted by molar-refractivity contribution is 5.93. The Morgan fingerprint density at radius 2 is 1.76 bits per heavy atom. The van der Waals surface area contributed by atoms with Gasteiger partial charge in [0.05, 0.1) is 22.2 Å². The van der Waals surface area contributed by atoms with Gasteiger partial charge in [-0.2, -0.15) is 0 Å². The molecule has 1 aromatic heterocycles. The minimum atomic E-state index is -0.476. The Balaban J connectivity index is 1.58. The van der Waals surface area contributed by atoms with Crippen molar-refractivity contribution in [3.8, 4) is 0 Å². The molecule has 0 saturated carbocycles. The molecular weight excluding hydrogens is 376 g/mol. The molecule has 148 valence electrons. The standard InChI is InChI=1S/C19H18N6O4/c20-18(26)12-1-3-13(4-2-12)23-5-7-24(8-6-23)16-10-15-14(9-17(16)25(28)29)19(27)22-11-21-15/h1-4,9-11H,5-8H2,(H2,20,26)(H,21,22,27). The van der Waals surface area contributed by atoms with Gasteiger partial charge in [-0.15, -0.1) is 0 Å². The Morgan fingerprint density at radius 3 is 2.38 bits per heavy atom. The number of hydrogen-bond acceptors (Lipinski definition) is 7. The summed E-state index contributed by atoms with van der Waals surface area (Å²) in [4.78, 5) is 44.9. The zero-order valence-electron chi connectivity index (χ0n) is 15.4. The van der Waals surface area contributed by atoms with Crippen LogP contribution in [0.3, 0.4) is 0 Å². The monoisotopic (exact) mass is 394 g/mol. The van der Waals surface area contributed by atoms with Gasteiger partial charge in [-0.3, -0.25) is 19.7 Å². The number of fused-ring (bicyclic) bond motifs is 1. The lowest BCUT2D eigenvalue weighted by molar-refractivity contribution is -0.384. The van der Waals surface area contributed by atoms with Crippen LogP contribution >= 0.6 is 0 Å². The summed E-state index contributed by atoms with van der Waals surface area (Å²) in [6, 6.07) is 9.92. The van der Waals surface area contributed by atoms with Gasteiger partial charge >= 0.3 is 0 Å². The molecule has 3 N–H and O–H groups in total. The van der Waals surface area contributed by atoms with Crippen molar-refractivity contribution in [2.75, 3.05) is 36.0 Å². The van der Waals surface area contributed by atoms with E-state index in [1.807, 2.05) is 17.0 Å². The molecule has 0 spiro atoms. The summed E-state index contributed by atoms with van der Waals surface area (Å²) in [6.07, 6.45) is 1.29.